The molecule has 0 aliphatic heterocycles. The maximum Gasteiger partial charge on any atom is 0.216 e. The lowest BCUT2D eigenvalue weighted by Gasteiger charge is -1.98. The summed E-state index contributed by atoms with van der Waals surface area (Å²) in [5.41, 5.74) is 2.39. The zero-order valence-corrected chi connectivity index (χ0v) is 12.6. The van der Waals surface area contributed by atoms with Crippen molar-refractivity contribution in [2.45, 2.75) is 6.92 Å². The van der Waals surface area contributed by atoms with E-state index in [0.29, 0.717) is 21.3 Å². The van der Waals surface area contributed by atoms with Gasteiger partial charge in [-0.25, -0.2) is 5.10 Å². The van der Waals surface area contributed by atoms with Crippen LogP contribution in [0.2, 0.25) is 5.02 Å². The van der Waals surface area contributed by atoms with Crippen LogP contribution in [0.15, 0.2) is 35.4 Å². The average Bonchev–Trinajstić information content (AvgIpc) is 3.04. The molecule has 0 atom stereocenters. The molecular weight excluding hydrogens is 308 g/mol. The predicted molar refractivity (Wildman–Crippen MR) is 84.2 cm³/mol. The Hall–Kier alpha value is -2.25. The monoisotopic (exact) mass is 318 g/mol. The number of H-pyrrole nitrogens is 2. The molecule has 3 aromatic rings. The topological polar surface area (TPSA) is 74.7 Å². The van der Waals surface area contributed by atoms with Crippen LogP contribution in [0.4, 0.5) is 0 Å². The molecule has 0 fully saturated rings. The molecule has 6 nitrogen and oxygen atoms in total. The molecule has 3 rings (SSSR count). The zero-order valence-electron chi connectivity index (χ0n) is 11.0. The van der Waals surface area contributed by atoms with Crippen LogP contribution >= 0.6 is 23.8 Å². The molecule has 0 saturated carbocycles. The molecule has 0 radical (unpaired) electrons. The van der Waals surface area contributed by atoms with E-state index < -0.39 is 0 Å². The maximum absolute atomic E-state index is 6.10. The Morgan fingerprint density at radius 1 is 1.29 bits per heavy atom. The summed E-state index contributed by atoms with van der Waals surface area (Å²) in [6.45, 7) is 1.91. The molecule has 2 aromatic heterocycles. The summed E-state index contributed by atoms with van der Waals surface area (Å²) in [6, 6.07) is 9.29. The van der Waals surface area contributed by atoms with Crippen LogP contribution in [-0.2, 0) is 0 Å². The highest BCUT2D eigenvalue weighted by Gasteiger charge is 2.11. The Labute approximate surface area is 130 Å². The van der Waals surface area contributed by atoms with Gasteiger partial charge in [0.05, 0.1) is 6.21 Å². The first-order chi connectivity index (χ1) is 10.1. The Morgan fingerprint density at radius 2 is 2.10 bits per heavy atom. The number of aromatic amines is 2. The summed E-state index contributed by atoms with van der Waals surface area (Å²) in [4.78, 5) is 0. The molecule has 1 aromatic carbocycles. The highest BCUT2D eigenvalue weighted by molar-refractivity contribution is 7.71. The zero-order chi connectivity index (χ0) is 14.8. The number of hydrogen-bond donors (Lipinski definition) is 2. The van der Waals surface area contributed by atoms with Gasteiger partial charge < -0.3 is 0 Å². The van der Waals surface area contributed by atoms with E-state index in [1.807, 2.05) is 31.2 Å². The van der Waals surface area contributed by atoms with E-state index in [1.165, 1.54) is 4.68 Å². The van der Waals surface area contributed by atoms with Gasteiger partial charge in [-0.15, -0.1) is 0 Å². The van der Waals surface area contributed by atoms with Crippen molar-refractivity contribution in [1.82, 2.24) is 25.1 Å². The lowest BCUT2D eigenvalue weighted by atomic mass is 10.2. The van der Waals surface area contributed by atoms with Crippen LogP contribution in [0.5, 0.6) is 0 Å². The molecule has 21 heavy (non-hydrogen) atoms. The number of aryl methyl sites for hydroxylation is 1. The summed E-state index contributed by atoms with van der Waals surface area (Å²) >= 11 is 11.3. The first kappa shape index (κ1) is 13.7. The largest absolute Gasteiger partial charge is 0.282 e. The second kappa shape index (κ2) is 5.63. The smallest absolute Gasteiger partial charge is 0.216 e. The second-order valence-corrected chi connectivity index (χ2v) is 5.16. The lowest BCUT2D eigenvalue weighted by Crippen LogP contribution is -1.95. The van der Waals surface area contributed by atoms with Gasteiger partial charge in [0.1, 0.15) is 5.69 Å². The van der Waals surface area contributed by atoms with Crippen LogP contribution in [0.3, 0.4) is 0 Å². The fourth-order valence-corrected chi connectivity index (χ4v) is 2.16. The van der Waals surface area contributed by atoms with E-state index in [-0.39, 0.29) is 0 Å². The number of rotatable bonds is 3. The van der Waals surface area contributed by atoms with Crippen molar-refractivity contribution in [2.75, 3.05) is 0 Å². The number of nitrogens with one attached hydrogen (secondary N) is 2. The molecule has 0 bridgehead atoms. The van der Waals surface area contributed by atoms with Gasteiger partial charge in [-0.2, -0.15) is 20.0 Å². The van der Waals surface area contributed by atoms with Gasteiger partial charge in [0.25, 0.3) is 0 Å². The third-order valence-electron chi connectivity index (χ3n) is 2.80. The van der Waals surface area contributed by atoms with Crippen LogP contribution in [0.1, 0.15) is 11.3 Å². The van der Waals surface area contributed by atoms with Crippen molar-refractivity contribution in [3.8, 4) is 11.5 Å². The quantitative estimate of drug-likeness (QED) is 0.575. The minimum atomic E-state index is 0.383. The SMILES string of the molecule is Cc1cc(-c2n[nH]c(=S)n2N=Cc2ccccc2Cl)n[nH]1. The van der Waals surface area contributed by atoms with E-state index in [4.69, 9.17) is 23.8 Å². The maximum atomic E-state index is 6.10. The average molecular weight is 319 g/mol. The Kier molecular flexibility index (Phi) is 3.68. The summed E-state index contributed by atoms with van der Waals surface area (Å²) in [6.07, 6.45) is 1.64. The van der Waals surface area contributed by atoms with Crippen molar-refractivity contribution < 1.29 is 0 Å². The fourth-order valence-electron chi connectivity index (χ4n) is 1.80. The van der Waals surface area contributed by atoms with Gasteiger partial charge in [-0.05, 0) is 31.3 Å². The van der Waals surface area contributed by atoms with Crippen LogP contribution in [0, 0.1) is 11.7 Å². The Bertz CT molecular complexity index is 859. The van der Waals surface area contributed by atoms with E-state index in [9.17, 15) is 0 Å². The highest BCUT2D eigenvalue weighted by Crippen LogP contribution is 2.16. The van der Waals surface area contributed by atoms with Gasteiger partial charge in [0.15, 0.2) is 0 Å². The molecule has 106 valence electrons. The summed E-state index contributed by atoms with van der Waals surface area (Å²) < 4.78 is 1.89. The minimum absolute atomic E-state index is 0.383. The summed E-state index contributed by atoms with van der Waals surface area (Å²) in [7, 11) is 0. The van der Waals surface area contributed by atoms with Gasteiger partial charge in [-0.3, -0.25) is 5.10 Å². The Balaban J connectivity index is 2.02. The third kappa shape index (κ3) is 2.79. The van der Waals surface area contributed by atoms with Crippen LogP contribution in [0.25, 0.3) is 11.5 Å². The Morgan fingerprint density at radius 3 is 2.81 bits per heavy atom. The molecule has 0 aliphatic carbocycles. The normalized spacial score (nSPS) is 11.3. The lowest BCUT2D eigenvalue weighted by molar-refractivity contribution is 0.865. The molecular formula is C13H11ClN6S. The number of halogens is 1. The van der Waals surface area contributed by atoms with Crippen molar-refractivity contribution in [3.63, 3.8) is 0 Å². The summed E-state index contributed by atoms with van der Waals surface area (Å²) in [5, 5.41) is 18.8. The van der Waals surface area contributed by atoms with Crippen molar-refractivity contribution in [3.05, 3.63) is 51.4 Å². The summed E-state index contributed by atoms with van der Waals surface area (Å²) in [5.74, 6) is 0.535. The van der Waals surface area contributed by atoms with Crippen molar-refractivity contribution >= 4 is 30.0 Å². The number of hydrogen-bond acceptors (Lipinski definition) is 4. The number of nitrogens with zero attached hydrogens (tertiary/aromatic N) is 4. The van der Waals surface area contributed by atoms with Gasteiger partial charge >= 0.3 is 0 Å². The molecule has 0 amide bonds. The molecule has 0 unspecified atom stereocenters. The molecule has 0 spiro atoms. The molecule has 0 aliphatic rings. The van der Waals surface area contributed by atoms with E-state index >= 15 is 0 Å². The van der Waals surface area contributed by atoms with E-state index in [0.717, 1.165) is 11.3 Å². The molecule has 2 N–H and O–H groups in total. The number of benzene rings is 1. The third-order valence-corrected chi connectivity index (χ3v) is 3.41. The minimum Gasteiger partial charge on any atom is -0.282 e. The van der Waals surface area contributed by atoms with Gasteiger partial charge in [0.2, 0.25) is 10.6 Å². The van der Waals surface area contributed by atoms with E-state index in [1.54, 1.807) is 12.3 Å². The van der Waals surface area contributed by atoms with Gasteiger partial charge in [0, 0.05) is 16.3 Å². The molecule has 8 heteroatoms. The molecule has 2 heterocycles. The van der Waals surface area contributed by atoms with Crippen molar-refractivity contribution in [2.24, 2.45) is 5.10 Å². The first-order valence-electron chi connectivity index (χ1n) is 6.14. The van der Waals surface area contributed by atoms with Gasteiger partial charge in [-0.1, -0.05) is 29.8 Å². The highest BCUT2D eigenvalue weighted by atomic mass is 35.5. The predicted octanol–water partition coefficient (Wildman–Crippen LogP) is 3.17. The fraction of sp³-hybridized carbons (Fsp3) is 0.0769. The number of aromatic nitrogens is 5. The first-order valence-corrected chi connectivity index (χ1v) is 6.92. The second-order valence-electron chi connectivity index (χ2n) is 4.37. The standard InChI is InChI=1S/C13H11ClN6S/c1-8-6-11(17-16-8)12-18-19-13(21)20(12)15-7-9-4-2-3-5-10(9)14/h2-7H,1H3,(H,16,17)(H,19,21). The van der Waals surface area contributed by atoms with E-state index in [2.05, 4.69) is 25.5 Å². The van der Waals surface area contributed by atoms with Crippen LogP contribution < -0.4 is 0 Å². The molecule has 0 saturated heterocycles. The van der Waals surface area contributed by atoms with Crippen LogP contribution in [-0.4, -0.2) is 31.3 Å². The van der Waals surface area contributed by atoms with Crippen molar-refractivity contribution in [1.29, 1.82) is 0 Å².